The van der Waals surface area contributed by atoms with Gasteiger partial charge in [0.1, 0.15) is 0 Å². The predicted octanol–water partition coefficient (Wildman–Crippen LogP) is -0.919. The van der Waals surface area contributed by atoms with E-state index in [2.05, 4.69) is 0 Å². The summed E-state index contributed by atoms with van der Waals surface area (Å²) in [7, 11) is 0. The molecular formula is H2DyLaRuSeYb. The molecule has 0 nitrogen and oxygen atoms in total. The number of rotatable bonds is 0. The van der Waals surface area contributed by atoms with Gasteiger partial charge in [-0.15, -0.1) is 0 Å². The second-order valence-corrected chi connectivity index (χ2v) is 0. The van der Waals surface area contributed by atoms with Crippen LogP contribution < -0.4 is 0 Å². The van der Waals surface area contributed by atoms with E-state index in [1.54, 1.807) is 0 Å². The van der Waals surface area contributed by atoms with E-state index in [0.29, 0.717) is 0 Å². The summed E-state index contributed by atoms with van der Waals surface area (Å²) in [6.45, 7) is 0. The number of hydrogen-bond acceptors (Lipinski definition) is 0. The van der Waals surface area contributed by atoms with Crippen LogP contribution in [0.15, 0.2) is 0 Å². The molecule has 1 radical (unpaired) electrons. The van der Waals surface area contributed by atoms with Crippen LogP contribution in [0.5, 0.6) is 0 Å². The summed E-state index contributed by atoms with van der Waals surface area (Å²) in [5.41, 5.74) is 0. The van der Waals surface area contributed by atoms with E-state index in [1.807, 2.05) is 0 Å². The maximum Gasteiger partial charge on any atom is 0 e. The van der Waals surface area contributed by atoms with E-state index in [1.165, 1.54) is 0 Å². The molecule has 0 bridgehead atoms. The molecule has 0 rings (SSSR count). The summed E-state index contributed by atoms with van der Waals surface area (Å²) in [6.07, 6.45) is 0. The van der Waals surface area contributed by atoms with Gasteiger partial charge in [0.2, 0.25) is 0 Å². The van der Waals surface area contributed by atoms with Gasteiger partial charge in [0.05, 0.1) is 0 Å². The van der Waals surface area contributed by atoms with Gasteiger partial charge >= 0.3 is 17.1 Å². The van der Waals surface area contributed by atoms with Crippen LogP contribution in [0.2, 0.25) is 0 Å². The zero-order chi connectivity index (χ0) is 0. The molecule has 0 aliphatic carbocycles. The molecule has 0 aromatic carbocycles. The minimum atomic E-state index is 0. The molecule has 0 aromatic heterocycles. The summed E-state index contributed by atoms with van der Waals surface area (Å²) in [4.78, 5) is 0. The van der Waals surface area contributed by atoms with Gasteiger partial charge in [0.15, 0.2) is 0 Å². The average molecular weight is 656 g/mol. The first-order chi connectivity index (χ1) is 0. The second-order valence-electron chi connectivity index (χ2n) is 0. The first-order valence-corrected chi connectivity index (χ1v) is 0. The fourth-order valence-electron chi connectivity index (χ4n) is 0. The van der Waals surface area contributed by atoms with Crippen LogP contribution in [0.25, 0.3) is 0 Å². The van der Waals surface area contributed by atoms with Crippen molar-refractivity contribution in [2.24, 2.45) is 0 Å². The average Bonchev–Trinajstić information content (AvgIpc) is 0. The molecule has 0 fully saturated rings. The van der Waals surface area contributed by atoms with Crippen LogP contribution in [0.1, 0.15) is 0 Å². The Morgan fingerprint density at radius 3 is 1.00 bits per heavy atom. The molecule has 0 N–H and O–H groups in total. The number of hydrogen-bond donors (Lipinski definition) is 0. The smallest absolute Gasteiger partial charge is 0 e. The summed E-state index contributed by atoms with van der Waals surface area (Å²) < 4.78 is 0. The Morgan fingerprint density at radius 1 is 1.00 bits per heavy atom. The normalized spacial score (nSPS) is 0. The Bertz CT molecular complexity index is 11.6. The molecule has 43 valence electrons. The van der Waals surface area contributed by atoms with Gasteiger partial charge in [-0.2, -0.15) is 0 Å². The third-order valence-electron chi connectivity index (χ3n) is 0. The molecule has 0 aromatic rings. The van der Waals surface area contributed by atoms with Crippen LogP contribution in [-0.4, -0.2) is 17.1 Å². The van der Waals surface area contributed by atoms with Gasteiger partial charge in [-0.25, -0.2) is 0 Å². The Morgan fingerprint density at radius 2 is 1.00 bits per heavy atom. The van der Waals surface area contributed by atoms with Gasteiger partial charge < -0.3 is 0 Å². The zero-order valence-corrected chi connectivity index (χ0v) is 13.2. The molecule has 0 saturated heterocycles. The first kappa shape index (κ1) is 32.1. The maximum absolute atomic E-state index is 0. The van der Waals surface area contributed by atoms with Crippen LogP contribution in [-0.2, 0) is 19.5 Å². The van der Waals surface area contributed by atoms with Crippen LogP contribution in [0, 0.1) is 121 Å². The third-order valence-corrected chi connectivity index (χ3v) is 0. The van der Waals surface area contributed by atoms with Crippen LogP contribution >= 0.6 is 0 Å². The molecule has 0 saturated carbocycles. The molecule has 0 aliphatic rings. The van der Waals surface area contributed by atoms with Gasteiger partial charge in [-0.05, 0) is 0 Å². The van der Waals surface area contributed by atoms with Gasteiger partial charge in [0, 0.05) is 140 Å². The summed E-state index contributed by atoms with van der Waals surface area (Å²) >= 11 is 0. The Balaban J connectivity index is 0. The van der Waals surface area contributed by atoms with Crippen molar-refractivity contribution in [1.29, 1.82) is 0 Å². The van der Waals surface area contributed by atoms with Crippen molar-refractivity contribution in [3.05, 3.63) is 0 Å². The first-order valence-electron chi connectivity index (χ1n) is 0. The van der Waals surface area contributed by atoms with Crippen molar-refractivity contribution in [3.63, 3.8) is 0 Å². The van der Waals surface area contributed by atoms with E-state index in [0.717, 1.165) is 0 Å². The minimum Gasteiger partial charge on any atom is 0 e. The van der Waals surface area contributed by atoms with E-state index in [-0.39, 0.29) is 157 Å². The van der Waals surface area contributed by atoms with E-state index < -0.39 is 0 Å². The summed E-state index contributed by atoms with van der Waals surface area (Å²) in [5.74, 6) is 0. The second kappa shape index (κ2) is 22.9. The van der Waals surface area contributed by atoms with E-state index >= 15 is 0 Å². The molecule has 5 heavy (non-hydrogen) atoms. The van der Waals surface area contributed by atoms with Crippen molar-refractivity contribution in [2.75, 3.05) is 0 Å². The van der Waals surface area contributed by atoms with Gasteiger partial charge in [0.25, 0.3) is 0 Å². The fraction of sp³-hybridized carbons (Fsp3) is 0. The fourth-order valence-corrected chi connectivity index (χ4v) is 0. The molecule has 0 spiro atoms. The topological polar surface area (TPSA) is 0 Å². The standard InChI is InChI=1S/Dy.La.Ru.H2Se.Yb/h;;;1H2;. The molecule has 0 atom stereocenters. The maximum atomic E-state index is 0. The van der Waals surface area contributed by atoms with Crippen LogP contribution in [0.3, 0.4) is 0 Å². The molecule has 5 heteroatoms. The molecule has 0 unspecified atom stereocenters. The van der Waals surface area contributed by atoms with Crippen molar-refractivity contribution in [3.8, 4) is 0 Å². The summed E-state index contributed by atoms with van der Waals surface area (Å²) in [6, 6.07) is 0. The van der Waals surface area contributed by atoms with Gasteiger partial charge in [-0.3, -0.25) is 0 Å². The molecule has 0 heterocycles. The predicted molar refractivity (Wildman–Crippen MR) is 8.54 cm³/mol. The van der Waals surface area contributed by atoms with Crippen molar-refractivity contribution < 1.29 is 140 Å². The van der Waals surface area contributed by atoms with Gasteiger partial charge in [-0.1, -0.05) is 0 Å². The van der Waals surface area contributed by atoms with Crippen molar-refractivity contribution in [1.82, 2.24) is 0 Å². The van der Waals surface area contributed by atoms with Crippen molar-refractivity contribution >= 4 is 17.1 Å². The molecule has 0 aliphatic heterocycles. The Hall–Kier alpha value is 5.13. The third kappa shape index (κ3) is 17.6. The quantitative estimate of drug-likeness (QED) is 0.297. The van der Waals surface area contributed by atoms with Crippen LogP contribution in [0.4, 0.5) is 0 Å². The van der Waals surface area contributed by atoms with Crippen molar-refractivity contribution in [2.45, 2.75) is 0 Å². The SMILES string of the molecule is [Dy].[La].[Ru].[SeH2].[Yb]. The molecular weight excluding hydrogens is 654 g/mol. The molecule has 0 amide bonds. The Labute approximate surface area is 152 Å². The largest absolute Gasteiger partial charge is 0 e. The van der Waals surface area contributed by atoms with E-state index in [4.69, 9.17) is 0 Å². The Kier molecular flexibility index (Phi) is 147. The minimum absolute atomic E-state index is 0. The monoisotopic (exact) mass is 661 g/mol. The van der Waals surface area contributed by atoms with E-state index in [9.17, 15) is 0 Å². The zero-order valence-electron chi connectivity index (χ0n) is 2.01. The summed E-state index contributed by atoms with van der Waals surface area (Å²) in [5, 5.41) is 0.